The quantitative estimate of drug-likeness (QED) is 0.0634. The Morgan fingerprint density at radius 1 is 0.472 bits per heavy atom. The van der Waals surface area contributed by atoms with Gasteiger partial charge < -0.3 is 9.47 Å². The average Bonchev–Trinajstić information content (AvgIpc) is 3.18. The molecule has 0 bridgehead atoms. The topological polar surface area (TPSA) is 49.7 Å². The molecule has 0 atom stereocenters. The predicted molar refractivity (Wildman–Crippen MR) is 219 cm³/mol. The van der Waals surface area contributed by atoms with Crippen molar-refractivity contribution in [3.63, 3.8) is 0 Å². The van der Waals surface area contributed by atoms with Gasteiger partial charge in [-0.1, -0.05) is 72.8 Å². The number of nitrogens with zero attached hydrogens (tertiary/aromatic N) is 4. The van der Waals surface area contributed by atoms with Crippen molar-refractivity contribution in [2.75, 3.05) is 19.2 Å². The molecule has 6 rings (SSSR count). The van der Waals surface area contributed by atoms with Crippen LogP contribution < -0.4 is 14.5 Å². The van der Waals surface area contributed by atoms with Gasteiger partial charge in [-0.25, -0.2) is 20.0 Å². The summed E-state index contributed by atoms with van der Waals surface area (Å²) in [6.07, 6.45) is 0. The minimum absolute atomic E-state index is 0.194. The first kappa shape index (κ1) is 39.2. The van der Waals surface area contributed by atoms with Crippen LogP contribution in [0.2, 0.25) is 0 Å². The van der Waals surface area contributed by atoms with Crippen LogP contribution in [0.3, 0.4) is 0 Å². The molecule has 6 aromatic rings. The van der Waals surface area contributed by atoms with Gasteiger partial charge in [-0.3, -0.25) is 0 Å². The van der Waals surface area contributed by atoms with Gasteiger partial charge in [-0.15, -0.1) is 0 Å². The van der Waals surface area contributed by atoms with Crippen LogP contribution in [-0.2, 0) is 13.1 Å². The fourth-order valence-corrected chi connectivity index (χ4v) is 5.93. The van der Waals surface area contributed by atoms with Crippen LogP contribution >= 0.6 is 20.2 Å². The maximum atomic E-state index is 5.60. The van der Waals surface area contributed by atoms with Crippen LogP contribution in [0.5, 0.6) is 11.5 Å². The Hall–Kier alpha value is -5.04. The van der Waals surface area contributed by atoms with Crippen LogP contribution in [-0.4, -0.2) is 30.9 Å². The van der Waals surface area contributed by atoms with E-state index in [1.54, 1.807) is 14.2 Å². The van der Waals surface area contributed by atoms with Crippen molar-refractivity contribution in [3.8, 4) is 11.5 Å². The van der Waals surface area contributed by atoms with Gasteiger partial charge in [-0.05, 0) is 123 Å². The second-order valence-corrected chi connectivity index (χ2v) is 14.0. The number of amidine groups is 2. The Kier molecular flexibility index (Phi) is 14.2. The van der Waals surface area contributed by atoms with E-state index in [1.165, 1.54) is 0 Å². The molecular weight excluding hydrogens is 743 g/mol. The number of benzene rings is 6. The zero-order valence-corrected chi connectivity index (χ0v) is 33.2. The molecule has 0 saturated heterocycles. The molecule has 9 heteroatoms. The molecule has 0 aromatic heterocycles. The SMILES string of the molecule is COc1ccc(C(=Nc2c(C)cccc2C)N(C(=Nc2c(C)cccc2C)c2ccc(OC)cc2)N(c2ccccc2)c2ccccc2)cc1.[Cl][Fe][Cl]. The summed E-state index contributed by atoms with van der Waals surface area (Å²) in [4.78, 5) is 11.2. The molecule has 0 amide bonds. The summed E-state index contributed by atoms with van der Waals surface area (Å²) >= 11 is 0.194. The summed E-state index contributed by atoms with van der Waals surface area (Å²) in [7, 11) is 12.9. The minimum atomic E-state index is 0.194. The van der Waals surface area contributed by atoms with Crippen molar-refractivity contribution < 1.29 is 22.6 Å². The average molecular weight is 786 g/mol. The second-order valence-electron chi connectivity index (χ2n) is 12.2. The number of halogens is 2. The number of para-hydroxylation sites is 4. The number of hydrogen-bond acceptors (Lipinski definition) is 5. The first-order valence-corrected chi connectivity index (χ1v) is 20.0. The molecule has 0 radical (unpaired) electrons. The van der Waals surface area contributed by atoms with E-state index in [9.17, 15) is 0 Å². The molecule has 0 fully saturated rings. The van der Waals surface area contributed by atoms with Crippen molar-refractivity contribution in [2.45, 2.75) is 27.7 Å². The molecule has 0 aliphatic rings. The standard InChI is InChI=1S/C44H42N4O2.2ClH.Fe/c1-31-15-13-16-32(2)41(31)45-43(35-23-27-39(49-5)28-24-35)48(47(37-19-9-7-10-20-37)38-21-11-8-12-22-38)44(36-25-29-40(50-6)30-26-36)46-42-33(3)17-14-18-34(42)4;;;/h7-30H,1-6H3;2*1H;/q;;;+2/p-2. The van der Waals surface area contributed by atoms with Gasteiger partial charge in [0.1, 0.15) is 11.5 Å². The van der Waals surface area contributed by atoms with Crippen molar-refractivity contribution in [1.29, 1.82) is 0 Å². The second kappa shape index (κ2) is 19.2. The summed E-state index contributed by atoms with van der Waals surface area (Å²) < 4.78 is 11.2. The molecule has 0 N–H and O–H groups in total. The molecule has 53 heavy (non-hydrogen) atoms. The van der Waals surface area contributed by atoms with E-state index in [4.69, 9.17) is 39.7 Å². The molecule has 0 unspecified atom stereocenters. The Bertz CT molecular complexity index is 1950. The van der Waals surface area contributed by atoms with E-state index in [1.807, 2.05) is 36.4 Å². The molecule has 0 saturated carbocycles. The number of anilines is 2. The van der Waals surface area contributed by atoms with Gasteiger partial charge in [0.05, 0.1) is 37.0 Å². The molecule has 6 aromatic carbocycles. The van der Waals surface area contributed by atoms with Crippen molar-refractivity contribution >= 4 is 54.6 Å². The normalized spacial score (nSPS) is 11.4. The molecule has 0 aliphatic heterocycles. The molecular formula is C44H42Cl2FeN4O2. The van der Waals surface area contributed by atoms with E-state index in [0.717, 1.165) is 67.6 Å². The number of methoxy groups -OCH3 is 2. The van der Waals surface area contributed by atoms with Gasteiger partial charge in [0.15, 0.2) is 11.7 Å². The van der Waals surface area contributed by atoms with E-state index in [-0.39, 0.29) is 13.1 Å². The van der Waals surface area contributed by atoms with Gasteiger partial charge in [0, 0.05) is 11.1 Å². The summed E-state index contributed by atoms with van der Waals surface area (Å²) in [6.45, 7) is 8.40. The zero-order chi connectivity index (χ0) is 37.7. The maximum absolute atomic E-state index is 5.60. The summed E-state index contributed by atoms with van der Waals surface area (Å²) in [6, 6.07) is 49.3. The van der Waals surface area contributed by atoms with Crippen LogP contribution in [0, 0.1) is 27.7 Å². The Labute approximate surface area is 327 Å². The van der Waals surface area contributed by atoms with Gasteiger partial charge >= 0.3 is 33.3 Å². The number of ether oxygens (including phenoxy) is 2. The Morgan fingerprint density at radius 3 is 1.09 bits per heavy atom. The Balaban J connectivity index is 0.00000175. The van der Waals surface area contributed by atoms with Gasteiger partial charge in [0.2, 0.25) is 0 Å². The van der Waals surface area contributed by atoms with Crippen LogP contribution in [0.15, 0.2) is 156 Å². The monoisotopic (exact) mass is 784 g/mol. The fourth-order valence-electron chi connectivity index (χ4n) is 5.93. The fraction of sp³-hybridized carbons (Fsp3) is 0.136. The third-order valence-corrected chi connectivity index (χ3v) is 8.61. The first-order valence-electron chi connectivity index (χ1n) is 16.9. The third kappa shape index (κ3) is 9.69. The number of hydrogen-bond donors (Lipinski definition) is 0. The number of aliphatic imine (C=N–C) groups is 2. The van der Waals surface area contributed by atoms with Crippen LogP contribution in [0.1, 0.15) is 33.4 Å². The summed E-state index contributed by atoms with van der Waals surface area (Å²) in [5, 5.41) is 4.33. The molecule has 272 valence electrons. The zero-order valence-electron chi connectivity index (χ0n) is 30.6. The third-order valence-electron chi connectivity index (χ3n) is 8.61. The summed E-state index contributed by atoms with van der Waals surface area (Å²) in [5.41, 5.74) is 9.70. The van der Waals surface area contributed by atoms with E-state index >= 15 is 0 Å². The van der Waals surface area contributed by atoms with Crippen molar-refractivity contribution in [1.82, 2.24) is 5.01 Å². The van der Waals surface area contributed by atoms with Gasteiger partial charge in [-0.2, -0.15) is 0 Å². The summed E-state index contributed by atoms with van der Waals surface area (Å²) in [5.74, 6) is 2.88. The number of rotatable bonds is 9. The molecule has 6 nitrogen and oxygen atoms in total. The van der Waals surface area contributed by atoms with Crippen LogP contribution in [0.25, 0.3) is 0 Å². The van der Waals surface area contributed by atoms with E-state index in [2.05, 4.69) is 147 Å². The Morgan fingerprint density at radius 2 is 0.792 bits per heavy atom. The number of hydrazine groups is 1. The first-order chi connectivity index (χ1) is 25.8. The van der Waals surface area contributed by atoms with E-state index in [0.29, 0.717) is 11.7 Å². The molecule has 0 aliphatic carbocycles. The van der Waals surface area contributed by atoms with Gasteiger partial charge in [0.25, 0.3) is 0 Å². The molecule has 0 heterocycles. The molecule has 0 spiro atoms. The van der Waals surface area contributed by atoms with Crippen molar-refractivity contribution in [3.05, 3.63) is 179 Å². The van der Waals surface area contributed by atoms with Crippen LogP contribution in [0.4, 0.5) is 22.7 Å². The van der Waals surface area contributed by atoms with E-state index < -0.39 is 0 Å². The van der Waals surface area contributed by atoms with Crippen molar-refractivity contribution in [2.24, 2.45) is 9.98 Å². The number of aryl methyl sites for hydroxylation is 4. The predicted octanol–water partition coefficient (Wildman–Crippen LogP) is 12.2.